The van der Waals surface area contributed by atoms with E-state index >= 15 is 0 Å². The number of ether oxygens (including phenoxy) is 1. The second-order valence-electron chi connectivity index (χ2n) is 4.68. The maximum absolute atomic E-state index is 6.34. The first kappa shape index (κ1) is 13.9. The summed E-state index contributed by atoms with van der Waals surface area (Å²) in [6.07, 6.45) is 0.128. The molecule has 0 saturated heterocycles. The van der Waals surface area contributed by atoms with Gasteiger partial charge >= 0.3 is 0 Å². The molecule has 0 bridgehead atoms. The minimum Gasteiger partial charge on any atom is -0.490 e. The van der Waals surface area contributed by atoms with Crippen LogP contribution < -0.4 is 10.5 Å². The third kappa shape index (κ3) is 3.28. The molecule has 0 atom stereocenters. The van der Waals surface area contributed by atoms with Gasteiger partial charge in [0.1, 0.15) is 5.75 Å². The summed E-state index contributed by atoms with van der Waals surface area (Å²) < 4.78 is 5.83. The van der Waals surface area contributed by atoms with Crippen molar-refractivity contribution in [2.45, 2.75) is 26.5 Å². The molecule has 3 heteroatoms. The van der Waals surface area contributed by atoms with Gasteiger partial charge in [-0.15, -0.1) is 0 Å². The van der Waals surface area contributed by atoms with Crippen LogP contribution in [0.3, 0.4) is 0 Å². The van der Waals surface area contributed by atoms with Gasteiger partial charge in [-0.25, -0.2) is 0 Å². The van der Waals surface area contributed by atoms with Crippen LogP contribution in [0.15, 0.2) is 42.5 Å². The average Bonchev–Trinajstić information content (AvgIpc) is 2.39. The summed E-state index contributed by atoms with van der Waals surface area (Å²) >= 11 is 6.34. The van der Waals surface area contributed by atoms with Crippen LogP contribution in [0.1, 0.15) is 19.4 Å². The van der Waals surface area contributed by atoms with Crippen molar-refractivity contribution < 1.29 is 4.74 Å². The maximum Gasteiger partial charge on any atom is 0.127 e. The van der Waals surface area contributed by atoms with E-state index in [9.17, 15) is 0 Å². The molecule has 0 amide bonds. The highest BCUT2D eigenvalue weighted by Crippen LogP contribution is 2.35. The van der Waals surface area contributed by atoms with Crippen molar-refractivity contribution in [1.29, 1.82) is 0 Å². The van der Waals surface area contributed by atoms with Crippen LogP contribution in [-0.2, 0) is 6.54 Å². The van der Waals surface area contributed by atoms with Gasteiger partial charge in [0.25, 0.3) is 0 Å². The molecule has 0 aliphatic rings. The van der Waals surface area contributed by atoms with E-state index in [1.807, 2.05) is 56.3 Å². The lowest BCUT2D eigenvalue weighted by Gasteiger charge is -2.15. The van der Waals surface area contributed by atoms with E-state index in [1.165, 1.54) is 0 Å². The Hall–Kier alpha value is -1.51. The molecule has 2 nitrogen and oxygen atoms in total. The molecule has 2 rings (SSSR count). The van der Waals surface area contributed by atoms with Crippen molar-refractivity contribution in [3.63, 3.8) is 0 Å². The van der Waals surface area contributed by atoms with E-state index in [4.69, 9.17) is 22.1 Å². The van der Waals surface area contributed by atoms with Crippen molar-refractivity contribution in [2.75, 3.05) is 0 Å². The molecular weight excluding hydrogens is 258 g/mol. The van der Waals surface area contributed by atoms with Gasteiger partial charge in [-0.05, 0) is 31.5 Å². The van der Waals surface area contributed by atoms with Crippen molar-refractivity contribution in [3.8, 4) is 16.9 Å². The monoisotopic (exact) mass is 275 g/mol. The highest BCUT2D eigenvalue weighted by atomic mass is 35.5. The quantitative estimate of drug-likeness (QED) is 0.905. The maximum atomic E-state index is 6.34. The summed E-state index contributed by atoms with van der Waals surface area (Å²) in [5.41, 5.74) is 8.62. The lowest BCUT2D eigenvalue weighted by molar-refractivity contribution is 0.243. The summed E-state index contributed by atoms with van der Waals surface area (Å²) in [6, 6.07) is 13.8. The molecule has 100 valence electrons. The van der Waals surface area contributed by atoms with Gasteiger partial charge in [0.15, 0.2) is 0 Å². The van der Waals surface area contributed by atoms with Gasteiger partial charge in [0, 0.05) is 22.7 Å². The van der Waals surface area contributed by atoms with Crippen molar-refractivity contribution in [3.05, 3.63) is 53.1 Å². The molecule has 2 N–H and O–H groups in total. The molecule has 0 fully saturated rings. The fourth-order valence-electron chi connectivity index (χ4n) is 1.95. The first-order valence-corrected chi connectivity index (χ1v) is 6.74. The van der Waals surface area contributed by atoms with E-state index < -0.39 is 0 Å². The number of halogens is 1. The zero-order chi connectivity index (χ0) is 13.8. The Labute approximate surface area is 119 Å². The summed E-state index contributed by atoms with van der Waals surface area (Å²) in [5.74, 6) is 0.847. The summed E-state index contributed by atoms with van der Waals surface area (Å²) in [4.78, 5) is 0. The van der Waals surface area contributed by atoms with E-state index in [2.05, 4.69) is 0 Å². The molecule has 0 unspecified atom stereocenters. The molecule has 0 spiro atoms. The van der Waals surface area contributed by atoms with Gasteiger partial charge in [-0.2, -0.15) is 0 Å². The molecule has 2 aromatic carbocycles. The van der Waals surface area contributed by atoms with Crippen molar-refractivity contribution >= 4 is 11.6 Å². The SMILES string of the molecule is CC(C)Oc1ccccc1-c1ccc(CN)cc1Cl. The predicted molar refractivity (Wildman–Crippen MR) is 80.5 cm³/mol. The third-order valence-electron chi connectivity index (χ3n) is 2.81. The predicted octanol–water partition coefficient (Wildman–Crippen LogP) is 4.25. The van der Waals surface area contributed by atoms with E-state index in [0.29, 0.717) is 11.6 Å². The van der Waals surface area contributed by atoms with Gasteiger partial charge in [-0.3, -0.25) is 0 Å². The summed E-state index contributed by atoms with van der Waals surface area (Å²) in [6.45, 7) is 4.51. The molecular formula is C16H18ClNO. The van der Waals surface area contributed by atoms with Gasteiger partial charge in [-0.1, -0.05) is 41.9 Å². The zero-order valence-corrected chi connectivity index (χ0v) is 11.9. The molecule has 2 aromatic rings. The van der Waals surface area contributed by atoms with Crippen molar-refractivity contribution in [1.82, 2.24) is 0 Å². The van der Waals surface area contributed by atoms with Crippen LogP contribution in [0.25, 0.3) is 11.1 Å². The fourth-order valence-corrected chi connectivity index (χ4v) is 2.25. The number of para-hydroxylation sites is 1. The molecule has 0 radical (unpaired) electrons. The Bertz CT molecular complexity index is 566. The summed E-state index contributed by atoms with van der Waals surface area (Å²) in [7, 11) is 0. The Morgan fingerprint density at radius 2 is 1.84 bits per heavy atom. The molecule has 0 heterocycles. The van der Waals surface area contributed by atoms with Gasteiger partial charge < -0.3 is 10.5 Å². The van der Waals surface area contributed by atoms with Gasteiger partial charge in [0.2, 0.25) is 0 Å². The van der Waals surface area contributed by atoms with Crippen LogP contribution >= 0.6 is 11.6 Å². The minimum absolute atomic E-state index is 0.128. The largest absolute Gasteiger partial charge is 0.490 e. The first-order valence-electron chi connectivity index (χ1n) is 6.36. The Morgan fingerprint density at radius 3 is 2.47 bits per heavy atom. The fraction of sp³-hybridized carbons (Fsp3) is 0.250. The van der Waals surface area contributed by atoms with Crippen LogP contribution in [-0.4, -0.2) is 6.10 Å². The number of rotatable bonds is 4. The number of hydrogen-bond acceptors (Lipinski definition) is 2. The normalized spacial score (nSPS) is 10.8. The lowest BCUT2D eigenvalue weighted by Crippen LogP contribution is -2.06. The highest BCUT2D eigenvalue weighted by Gasteiger charge is 2.10. The molecule has 0 aliphatic carbocycles. The molecule has 0 aromatic heterocycles. The molecule has 0 aliphatic heterocycles. The zero-order valence-electron chi connectivity index (χ0n) is 11.2. The highest BCUT2D eigenvalue weighted by molar-refractivity contribution is 6.33. The van der Waals surface area contributed by atoms with Crippen molar-refractivity contribution in [2.24, 2.45) is 5.73 Å². The van der Waals surface area contributed by atoms with E-state index in [-0.39, 0.29) is 6.10 Å². The third-order valence-corrected chi connectivity index (χ3v) is 3.12. The number of hydrogen-bond donors (Lipinski definition) is 1. The topological polar surface area (TPSA) is 35.2 Å². The average molecular weight is 276 g/mol. The number of benzene rings is 2. The molecule has 0 saturated carbocycles. The lowest BCUT2D eigenvalue weighted by atomic mass is 10.0. The Morgan fingerprint density at radius 1 is 1.11 bits per heavy atom. The smallest absolute Gasteiger partial charge is 0.127 e. The second kappa shape index (κ2) is 6.09. The van der Waals surface area contributed by atoms with E-state index in [1.54, 1.807) is 0 Å². The standard InChI is InChI=1S/C16H18ClNO/c1-11(2)19-16-6-4-3-5-14(16)13-8-7-12(10-18)9-15(13)17/h3-9,11H,10,18H2,1-2H3. The van der Waals surface area contributed by atoms with Gasteiger partial charge in [0.05, 0.1) is 6.10 Å². The Balaban J connectivity index is 2.46. The van der Waals surface area contributed by atoms with E-state index in [0.717, 1.165) is 22.4 Å². The Kier molecular flexibility index (Phi) is 4.46. The second-order valence-corrected chi connectivity index (χ2v) is 5.09. The van der Waals surface area contributed by atoms with Crippen LogP contribution in [0, 0.1) is 0 Å². The van der Waals surface area contributed by atoms with Crippen LogP contribution in [0.2, 0.25) is 5.02 Å². The van der Waals surface area contributed by atoms with Crippen LogP contribution in [0.5, 0.6) is 5.75 Å². The first-order chi connectivity index (χ1) is 9.11. The van der Waals surface area contributed by atoms with Crippen LogP contribution in [0.4, 0.5) is 0 Å². The number of nitrogens with two attached hydrogens (primary N) is 1. The molecule has 19 heavy (non-hydrogen) atoms. The minimum atomic E-state index is 0.128. The summed E-state index contributed by atoms with van der Waals surface area (Å²) in [5, 5.41) is 0.697.